The van der Waals surface area contributed by atoms with Crippen molar-refractivity contribution in [3.63, 3.8) is 0 Å². The third kappa shape index (κ3) is 3.87. The van der Waals surface area contributed by atoms with Gasteiger partial charge in [-0.05, 0) is 50.7 Å². The number of nitrogens with zero attached hydrogens (tertiary/aromatic N) is 4. The molecule has 0 saturated carbocycles. The first kappa shape index (κ1) is 20.9. The molecule has 3 aliphatic heterocycles. The molecular formula is C22H30N4O4S. The quantitative estimate of drug-likeness (QED) is 0.770. The van der Waals surface area contributed by atoms with Crippen molar-refractivity contribution in [1.29, 1.82) is 0 Å². The van der Waals surface area contributed by atoms with Crippen LogP contribution in [0, 0.1) is 5.92 Å². The van der Waals surface area contributed by atoms with Gasteiger partial charge in [-0.1, -0.05) is 0 Å². The van der Waals surface area contributed by atoms with Gasteiger partial charge in [0.25, 0.3) is 0 Å². The van der Waals surface area contributed by atoms with E-state index in [1.807, 2.05) is 29.4 Å². The van der Waals surface area contributed by atoms with Crippen molar-refractivity contribution in [2.24, 2.45) is 5.92 Å². The third-order valence-electron chi connectivity index (χ3n) is 7.42. The van der Waals surface area contributed by atoms with Crippen LogP contribution in [-0.4, -0.2) is 75.2 Å². The minimum Gasteiger partial charge on any atom is -0.388 e. The second-order valence-corrected chi connectivity index (χ2v) is 11.6. The van der Waals surface area contributed by atoms with E-state index in [2.05, 4.69) is 9.55 Å². The Morgan fingerprint density at radius 2 is 1.84 bits per heavy atom. The fourth-order valence-electron chi connectivity index (χ4n) is 5.94. The standard InChI is InChI=1S/C22H30N4O4S/c1-31(29,30)25-10-6-17(7-11-25)21(27)26-18-2-3-19(26)13-22(28,12-18)15-24-9-5-16-4-8-23-14-20(16)24/h4-5,8-9,14,17-19,28H,2-3,6-7,10-13,15H2,1H3. The van der Waals surface area contributed by atoms with Crippen molar-refractivity contribution >= 4 is 26.8 Å². The van der Waals surface area contributed by atoms with E-state index in [-0.39, 0.29) is 23.9 Å². The van der Waals surface area contributed by atoms with Crippen LogP contribution in [0.3, 0.4) is 0 Å². The molecule has 0 radical (unpaired) electrons. The van der Waals surface area contributed by atoms with E-state index in [9.17, 15) is 18.3 Å². The maximum atomic E-state index is 13.3. The highest BCUT2D eigenvalue weighted by Crippen LogP contribution is 2.43. The summed E-state index contributed by atoms with van der Waals surface area (Å²) in [5.41, 5.74) is 0.170. The molecule has 3 fully saturated rings. The number of sulfonamides is 1. The van der Waals surface area contributed by atoms with Gasteiger partial charge in [0.05, 0.1) is 30.1 Å². The molecular weight excluding hydrogens is 416 g/mol. The number of piperidine rings is 2. The van der Waals surface area contributed by atoms with Crippen LogP contribution in [0.15, 0.2) is 30.7 Å². The molecule has 3 saturated heterocycles. The van der Waals surface area contributed by atoms with E-state index in [0.717, 1.165) is 23.7 Å². The molecule has 31 heavy (non-hydrogen) atoms. The van der Waals surface area contributed by atoms with Gasteiger partial charge >= 0.3 is 0 Å². The zero-order valence-electron chi connectivity index (χ0n) is 17.9. The van der Waals surface area contributed by atoms with Crippen LogP contribution in [-0.2, 0) is 21.4 Å². The molecule has 168 valence electrons. The zero-order chi connectivity index (χ0) is 21.8. The predicted molar refractivity (Wildman–Crippen MR) is 117 cm³/mol. The average Bonchev–Trinajstić information content (AvgIpc) is 3.26. The molecule has 3 aliphatic rings. The minimum atomic E-state index is -3.20. The number of aliphatic hydroxyl groups is 1. The summed E-state index contributed by atoms with van der Waals surface area (Å²) >= 11 is 0. The lowest BCUT2D eigenvalue weighted by molar-refractivity contribution is -0.147. The number of fused-ring (bicyclic) bond motifs is 3. The van der Waals surface area contributed by atoms with Crippen LogP contribution in [0.4, 0.5) is 0 Å². The highest BCUT2D eigenvalue weighted by Gasteiger charge is 2.50. The molecule has 2 atom stereocenters. The largest absolute Gasteiger partial charge is 0.388 e. The van der Waals surface area contributed by atoms with Crippen LogP contribution in [0.1, 0.15) is 38.5 Å². The predicted octanol–water partition coefficient (Wildman–Crippen LogP) is 1.59. The molecule has 8 nitrogen and oxygen atoms in total. The fourth-order valence-corrected chi connectivity index (χ4v) is 6.81. The summed E-state index contributed by atoms with van der Waals surface area (Å²) in [6, 6.07) is 4.13. The molecule has 1 amide bonds. The highest BCUT2D eigenvalue weighted by molar-refractivity contribution is 7.88. The van der Waals surface area contributed by atoms with E-state index in [1.165, 1.54) is 10.6 Å². The number of aromatic nitrogens is 2. The molecule has 5 rings (SSSR count). The van der Waals surface area contributed by atoms with E-state index in [0.29, 0.717) is 45.3 Å². The number of rotatable bonds is 4. The topological polar surface area (TPSA) is 95.7 Å². The summed E-state index contributed by atoms with van der Waals surface area (Å²) in [4.78, 5) is 19.6. The average molecular weight is 447 g/mol. The lowest BCUT2D eigenvalue weighted by Gasteiger charge is -2.45. The number of hydrogen-bond donors (Lipinski definition) is 1. The van der Waals surface area contributed by atoms with Crippen LogP contribution < -0.4 is 0 Å². The Morgan fingerprint density at radius 1 is 1.16 bits per heavy atom. The maximum absolute atomic E-state index is 13.3. The minimum absolute atomic E-state index is 0.0594. The highest BCUT2D eigenvalue weighted by atomic mass is 32.2. The fraction of sp³-hybridized carbons (Fsp3) is 0.636. The first-order valence-electron chi connectivity index (χ1n) is 11.1. The zero-order valence-corrected chi connectivity index (χ0v) is 18.7. The summed E-state index contributed by atoms with van der Waals surface area (Å²) < 4.78 is 27.1. The van der Waals surface area contributed by atoms with Crippen molar-refractivity contribution in [2.75, 3.05) is 19.3 Å². The Kier molecular flexibility index (Phi) is 5.10. The molecule has 5 heterocycles. The van der Waals surface area contributed by atoms with Crippen molar-refractivity contribution in [3.8, 4) is 0 Å². The number of amides is 1. The molecule has 2 unspecified atom stereocenters. The van der Waals surface area contributed by atoms with Crippen molar-refractivity contribution < 1.29 is 18.3 Å². The molecule has 2 bridgehead atoms. The summed E-state index contributed by atoms with van der Waals surface area (Å²) in [7, 11) is -3.20. The molecule has 0 spiro atoms. The van der Waals surface area contributed by atoms with Crippen molar-refractivity contribution in [1.82, 2.24) is 18.8 Å². The van der Waals surface area contributed by atoms with Gasteiger partial charge in [0, 0.05) is 48.9 Å². The van der Waals surface area contributed by atoms with Gasteiger partial charge in [0.1, 0.15) is 0 Å². The summed E-state index contributed by atoms with van der Waals surface area (Å²) in [6.07, 6.45) is 11.0. The third-order valence-corrected chi connectivity index (χ3v) is 8.72. The molecule has 2 aromatic rings. The summed E-state index contributed by atoms with van der Waals surface area (Å²) in [5, 5.41) is 12.6. The van der Waals surface area contributed by atoms with Crippen LogP contribution in [0.5, 0.6) is 0 Å². The molecule has 9 heteroatoms. The second-order valence-electron chi connectivity index (χ2n) is 9.58. The Morgan fingerprint density at radius 3 is 2.48 bits per heavy atom. The number of carbonyl (C=O) groups excluding carboxylic acids is 1. The van der Waals surface area contributed by atoms with E-state index in [1.54, 1.807) is 6.20 Å². The van der Waals surface area contributed by atoms with Gasteiger partial charge in [-0.15, -0.1) is 0 Å². The first-order valence-corrected chi connectivity index (χ1v) is 13.0. The lowest BCUT2D eigenvalue weighted by atomic mass is 9.84. The van der Waals surface area contributed by atoms with Gasteiger partial charge < -0.3 is 14.6 Å². The van der Waals surface area contributed by atoms with Gasteiger partial charge in [0.15, 0.2) is 0 Å². The van der Waals surface area contributed by atoms with Crippen LogP contribution in [0.2, 0.25) is 0 Å². The summed E-state index contributed by atoms with van der Waals surface area (Å²) in [5.74, 6) is 0.0325. The SMILES string of the molecule is CS(=O)(=O)N1CCC(C(=O)N2C3CCC2CC(O)(Cn2ccc4ccncc42)C3)CC1. The van der Waals surface area contributed by atoms with Gasteiger partial charge in [0.2, 0.25) is 15.9 Å². The Bertz CT molecular complexity index is 1080. The Balaban J connectivity index is 1.27. The van der Waals surface area contributed by atoms with Crippen LogP contribution in [0.25, 0.3) is 10.9 Å². The second kappa shape index (κ2) is 7.56. The van der Waals surface area contributed by atoms with E-state index < -0.39 is 15.6 Å². The monoisotopic (exact) mass is 446 g/mol. The summed E-state index contributed by atoms with van der Waals surface area (Å²) in [6.45, 7) is 1.33. The molecule has 1 N–H and O–H groups in total. The molecule has 0 aliphatic carbocycles. The number of pyridine rings is 1. The van der Waals surface area contributed by atoms with Crippen molar-refractivity contribution in [3.05, 3.63) is 30.7 Å². The Labute approximate surface area is 182 Å². The van der Waals surface area contributed by atoms with E-state index in [4.69, 9.17) is 0 Å². The number of hydrogen-bond acceptors (Lipinski definition) is 5. The van der Waals surface area contributed by atoms with E-state index >= 15 is 0 Å². The normalized spacial score (nSPS) is 30.2. The molecule has 2 aromatic heterocycles. The smallest absolute Gasteiger partial charge is 0.226 e. The van der Waals surface area contributed by atoms with Gasteiger partial charge in [-0.2, -0.15) is 0 Å². The first-order chi connectivity index (χ1) is 14.7. The maximum Gasteiger partial charge on any atom is 0.226 e. The molecule has 0 aromatic carbocycles. The van der Waals surface area contributed by atoms with Gasteiger partial charge in [-0.3, -0.25) is 9.78 Å². The lowest BCUT2D eigenvalue weighted by Crippen LogP contribution is -2.56. The number of carbonyl (C=O) groups is 1. The van der Waals surface area contributed by atoms with Crippen LogP contribution >= 0.6 is 0 Å². The van der Waals surface area contributed by atoms with Gasteiger partial charge in [-0.25, -0.2) is 12.7 Å². The van der Waals surface area contributed by atoms with Crippen molar-refractivity contribution in [2.45, 2.75) is 62.8 Å². The Hall–Kier alpha value is -1.97.